The van der Waals surface area contributed by atoms with Gasteiger partial charge >= 0.3 is 8.32 Å². The fraction of sp³-hybridized carbons (Fsp3) is 0.125. The lowest BCUT2D eigenvalue weighted by molar-refractivity contribution is 0.508. The van der Waals surface area contributed by atoms with E-state index in [0.717, 1.165) is 27.0 Å². The Bertz CT molecular complexity index is 1380. The minimum absolute atomic E-state index is 0.0849. The zero-order valence-corrected chi connectivity index (χ0v) is 23.4. The van der Waals surface area contributed by atoms with Crippen LogP contribution in [0.15, 0.2) is 132 Å². The summed E-state index contributed by atoms with van der Waals surface area (Å²) < 4.78 is 10.4. The first-order valence-corrected chi connectivity index (χ1v) is 14.9. The normalized spacial score (nSPS) is 11.9. The highest BCUT2D eigenvalue weighted by molar-refractivity contribution is 9.10. The van der Waals surface area contributed by atoms with Crippen LogP contribution in [0.25, 0.3) is 16.8 Å². The molecule has 0 saturated carbocycles. The summed E-state index contributed by atoms with van der Waals surface area (Å²) in [6.45, 7) is 6.91. The van der Waals surface area contributed by atoms with Crippen LogP contribution in [0.4, 0.5) is 0 Å². The minimum atomic E-state index is -2.67. The van der Waals surface area contributed by atoms with Gasteiger partial charge in [0.05, 0.1) is 5.69 Å². The molecule has 0 bridgehead atoms. The van der Waals surface area contributed by atoms with Crippen LogP contribution < -0.4 is 14.8 Å². The molecule has 0 fully saturated rings. The SMILES string of the molecule is CC(C)(C)[Si](Oc1ccc(-c2c(Br)cccc2-n2cccc2)cc1)(c1ccccc1)c1ccccc1. The number of hydrogen-bond acceptors (Lipinski definition) is 1. The quantitative estimate of drug-likeness (QED) is 0.196. The van der Waals surface area contributed by atoms with E-state index in [1.165, 1.54) is 10.4 Å². The van der Waals surface area contributed by atoms with Crippen molar-refractivity contribution in [2.24, 2.45) is 0 Å². The molecule has 2 nitrogen and oxygen atoms in total. The van der Waals surface area contributed by atoms with E-state index >= 15 is 0 Å². The Balaban J connectivity index is 1.60. The number of benzene rings is 4. The summed E-state index contributed by atoms with van der Waals surface area (Å²) >= 11 is 3.79. The summed E-state index contributed by atoms with van der Waals surface area (Å²) in [5.41, 5.74) is 3.43. The zero-order chi connectivity index (χ0) is 25.2. The third-order valence-electron chi connectivity index (χ3n) is 6.70. The van der Waals surface area contributed by atoms with Crippen LogP contribution in [0.5, 0.6) is 5.75 Å². The van der Waals surface area contributed by atoms with Crippen molar-refractivity contribution < 1.29 is 4.43 Å². The van der Waals surface area contributed by atoms with Crippen LogP contribution in [-0.2, 0) is 0 Å². The zero-order valence-electron chi connectivity index (χ0n) is 20.9. The Morgan fingerprint density at radius 1 is 0.639 bits per heavy atom. The Morgan fingerprint density at radius 2 is 1.19 bits per heavy atom. The van der Waals surface area contributed by atoms with Gasteiger partial charge in [-0.1, -0.05) is 116 Å². The van der Waals surface area contributed by atoms with Gasteiger partial charge in [-0.3, -0.25) is 0 Å². The molecule has 0 saturated heterocycles. The average Bonchev–Trinajstić information content (AvgIpc) is 3.43. The van der Waals surface area contributed by atoms with E-state index in [2.05, 4.69) is 157 Å². The molecule has 4 heteroatoms. The first-order valence-electron chi connectivity index (χ1n) is 12.2. The lowest BCUT2D eigenvalue weighted by atomic mass is 10.0. The lowest BCUT2D eigenvalue weighted by Gasteiger charge is -2.43. The molecule has 0 N–H and O–H groups in total. The Morgan fingerprint density at radius 3 is 1.72 bits per heavy atom. The van der Waals surface area contributed by atoms with Crippen LogP contribution >= 0.6 is 15.9 Å². The first-order chi connectivity index (χ1) is 17.4. The topological polar surface area (TPSA) is 14.2 Å². The van der Waals surface area contributed by atoms with Gasteiger partial charge in [0.1, 0.15) is 5.75 Å². The van der Waals surface area contributed by atoms with Crippen molar-refractivity contribution in [3.63, 3.8) is 0 Å². The van der Waals surface area contributed by atoms with E-state index < -0.39 is 8.32 Å². The first kappa shape index (κ1) is 24.4. The molecule has 0 amide bonds. The van der Waals surface area contributed by atoms with Crippen molar-refractivity contribution in [3.8, 4) is 22.6 Å². The third kappa shape index (κ3) is 4.47. The molecular formula is C32H30BrNOSi. The Hall–Kier alpha value is -3.34. The smallest absolute Gasteiger partial charge is 0.319 e. The molecule has 36 heavy (non-hydrogen) atoms. The third-order valence-corrected chi connectivity index (χ3v) is 12.3. The standard InChI is InChI=1S/C32H30BrNOSi/c1-32(2,3)36(27-13-6-4-7-14-27,28-15-8-5-9-16-28)35-26-21-19-25(20-22-26)31-29(33)17-12-18-30(31)34-23-10-11-24-34/h4-24H,1-3H3. The molecular weight excluding hydrogens is 522 g/mol. The molecule has 180 valence electrons. The second-order valence-electron chi connectivity index (χ2n) is 10.0. The number of rotatable bonds is 6. The average molecular weight is 553 g/mol. The fourth-order valence-electron chi connectivity index (χ4n) is 5.02. The van der Waals surface area contributed by atoms with E-state index in [-0.39, 0.29) is 5.04 Å². The second kappa shape index (κ2) is 9.96. The van der Waals surface area contributed by atoms with Crippen LogP contribution in [0.2, 0.25) is 5.04 Å². The Labute approximate surface area is 223 Å². The van der Waals surface area contributed by atoms with Crippen LogP contribution in [0.1, 0.15) is 20.8 Å². The molecule has 4 aromatic carbocycles. The highest BCUT2D eigenvalue weighted by atomic mass is 79.9. The summed E-state index contributed by atoms with van der Waals surface area (Å²) in [6.07, 6.45) is 4.15. The summed E-state index contributed by atoms with van der Waals surface area (Å²) in [4.78, 5) is 0. The molecule has 0 unspecified atom stereocenters. The van der Waals surface area contributed by atoms with Gasteiger partial charge in [0.25, 0.3) is 0 Å². The summed E-state index contributed by atoms with van der Waals surface area (Å²) in [7, 11) is -2.67. The van der Waals surface area contributed by atoms with E-state index in [0.29, 0.717) is 0 Å². The van der Waals surface area contributed by atoms with Gasteiger partial charge in [-0.2, -0.15) is 0 Å². The maximum Gasteiger partial charge on any atom is 0.319 e. The fourth-order valence-corrected chi connectivity index (χ4v) is 10.0. The molecule has 5 aromatic rings. The molecule has 0 aliphatic carbocycles. The number of hydrogen-bond donors (Lipinski definition) is 0. The highest BCUT2D eigenvalue weighted by Crippen LogP contribution is 2.39. The molecule has 0 aliphatic rings. The van der Waals surface area contributed by atoms with Crippen molar-refractivity contribution in [1.29, 1.82) is 0 Å². The van der Waals surface area contributed by atoms with Crippen molar-refractivity contribution in [2.75, 3.05) is 0 Å². The van der Waals surface area contributed by atoms with Gasteiger partial charge < -0.3 is 8.99 Å². The van der Waals surface area contributed by atoms with Crippen molar-refractivity contribution in [1.82, 2.24) is 4.57 Å². The van der Waals surface area contributed by atoms with Gasteiger partial charge in [0, 0.05) is 22.4 Å². The molecule has 1 heterocycles. The maximum absolute atomic E-state index is 7.18. The van der Waals surface area contributed by atoms with Crippen molar-refractivity contribution in [2.45, 2.75) is 25.8 Å². The minimum Gasteiger partial charge on any atom is -0.534 e. The number of aromatic nitrogens is 1. The number of halogens is 1. The largest absolute Gasteiger partial charge is 0.534 e. The van der Waals surface area contributed by atoms with Gasteiger partial charge in [-0.25, -0.2) is 0 Å². The van der Waals surface area contributed by atoms with Crippen LogP contribution in [-0.4, -0.2) is 12.9 Å². The van der Waals surface area contributed by atoms with Crippen LogP contribution in [0.3, 0.4) is 0 Å². The molecule has 0 radical (unpaired) electrons. The van der Waals surface area contributed by atoms with Crippen LogP contribution in [0, 0.1) is 0 Å². The Kier molecular flexibility index (Phi) is 6.74. The van der Waals surface area contributed by atoms with Crippen molar-refractivity contribution in [3.05, 3.63) is 132 Å². The molecule has 5 rings (SSSR count). The molecule has 0 atom stereocenters. The predicted molar refractivity (Wildman–Crippen MR) is 157 cm³/mol. The highest BCUT2D eigenvalue weighted by Gasteiger charge is 2.52. The summed E-state index contributed by atoms with van der Waals surface area (Å²) in [6, 6.07) is 40.5. The summed E-state index contributed by atoms with van der Waals surface area (Å²) in [5.74, 6) is 0.891. The van der Waals surface area contributed by atoms with E-state index in [9.17, 15) is 0 Å². The van der Waals surface area contributed by atoms with Crippen molar-refractivity contribution >= 4 is 34.6 Å². The molecule has 1 aromatic heterocycles. The predicted octanol–water partition coefficient (Wildman–Crippen LogP) is 7.85. The van der Waals surface area contributed by atoms with Gasteiger partial charge in [0.2, 0.25) is 0 Å². The van der Waals surface area contributed by atoms with E-state index in [1.54, 1.807) is 0 Å². The lowest BCUT2D eigenvalue weighted by Crippen LogP contribution is -2.68. The monoisotopic (exact) mass is 551 g/mol. The number of nitrogens with zero attached hydrogens (tertiary/aromatic N) is 1. The van der Waals surface area contributed by atoms with Gasteiger partial charge in [-0.15, -0.1) is 0 Å². The molecule has 0 spiro atoms. The van der Waals surface area contributed by atoms with E-state index in [1.807, 2.05) is 12.1 Å². The van der Waals surface area contributed by atoms with E-state index in [4.69, 9.17) is 4.43 Å². The van der Waals surface area contributed by atoms with Gasteiger partial charge in [0.15, 0.2) is 0 Å². The van der Waals surface area contributed by atoms with Gasteiger partial charge in [-0.05, 0) is 57.4 Å². The maximum atomic E-state index is 7.18. The summed E-state index contributed by atoms with van der Waals surface area (Å²) in [5, 5.41) is 2.46. The second-order valence-corrected chi connectivity index (χ2v) is 15.1. The molecule has 0 aliphatic heterocycles.